The lowest BCUT2D eigenvalue weighted by Gasteiger charge is -2.11. The maximum absolute atomic E-state index is 12.4. The Morgan fingerprint density at radius 3 is 2.33 bits per heavy atom. The van der Waals surface area contributed by atoms with E-state index in [0.717, 1.165) is 18.4 Å². The molecule has 0 bridgehead atoms. The lowest BCUT2D eigenvalue weighted by molar-refractivity contribution is -0.119. The third-order valence-corrected chi connectivity index (χ3v) is 5.36. The van der Waals surface area contributed by atoms with E-state index in [-0.39, 0.29) is 22.5 Å². The van der Waals surface area contributed by atoms with E-state index < -0.39 is 10.0 Å². The average Bonchev–Trinajstić information content (AvgIpc) is 2.66. The molecule has 2 aromatic carbocycles. The molecule has 3 N–H and O–H groups in total. The molecule has 0 saturated heterocycles. The maximum atomic E-state index is 12.4. The maximum Gasteiger partial charge on any atom is 0.240 e. The molecule has 0 fully saturated rings. The number of carbonyl (C=O) groups excluding carboxylic acids is 1. The molecule has 2 rings (SSSR count). The Morgan fingerprint density at radius 1 is 1.04 bits per heavy atom. The summed E-state index contributed by atoms with van der Waals surface area (Å²) in [5, 5.41) is 5.66. The SMILES string of the molecule is CCCCC(=O)NC(=S)Nc1ccc(S(=O)(=O)NCc2ccccc2)cc1. The zero-order chi connectivity index (χ0) is 19.7. The Labute approximate surface area is 165 Å². The summed E-state index contributed by atoms with van der Waals surface area (Å²) in [6.07, 6.45) is 2.15. The second-order valence-electron chi connectivity index (χ2n) is 5.94. The first-order valence-corrected chi connectivity index (χ1v) is 10.5. The molecule has 0 heterocycles. The fourth-order valence-corrected chi connectivity index (χ4v) is 3.51. The van der Waals surface area contributed by atoms with E-state index in [1.807, 2.05) is 37.3 Å². The van der Waals surface area contributed by atoms with Crippen LogP contribution < -0.4 is 15.4 Å². The number of carbonyl (C=O) groups is 1. The molecule has 0 radical (unpaired) electrons. The molecule has 144 valence electrons. The van der Waals surface area contributed by atoms with Gasteiger partial charge in [-0.3, -0.25) is 4.79 Å². The van der Waals surface area contributed by atoms with E-state index in [2.05, 4.69) is 15.4 Å². The van der Waals surface area contributed by atoms with Crippen molar-refractivity contribution in [3.8, 4) is 0 Å². The van der Waals surface area contributed by atoms with Crippen molar-refractivity contribution in [2.45, 2.75) is 37.6 Å². The van der Waals surface area contributed by atoms with Gasteiger partial charge in [-0.1, -0.05) is 43.7 Å². The average molecular weight is 406 g/mol. The highest BCUT2D eigenvalue weighted by Crippen LogP contribution is 2.14. The van der Waals surface area contributed by atoms with E-state index in [1.165, 1.54) is 12.1 Å². The Bertz CT molecular complexity index is 867. The number of hydrogen-bond donors (Lipinski definition) is 3. The van der Waals surface area contributed by atoms with Crippen LogP contribution in [-0.2, 0) is 21.4 Å². The smallest absolute Gasteiger partial charge is 0.240 e. The van der Waals surface area contributed by atoms with Crippen molar-refractivity contribution in [3.05, 3.63) is 60.2 Å². The van der Waals surface area contributed by atoms with Gasteiger partial charge in [0.15, 0.2) is 5.11 Å². The summed E-state index contributed by atoms with van der Waals surface area (Å²) in [7, 11) is -3.61. The summed E-state index contributed by atoms with van der Waals surface area (Å²) in [6.45, 7) is 2.23. The number of rotatable bonds is 8. The highest BCUT2D eigenvalue weighted by atomic mass is 32.2. The van der Waals surface area contributed by atoms with Gasteiger partial charge in [0.2, 0.25) is 15.9 Å². The summed E-state index contributed by atoms with van der Waals surface area (Å²) in [5.74, 6) is -0.140. The third kappa shape index (κ3) is 7.09. The molecular weight excluding hydrogens is 382 g/mol. The molecule has 0 spiro atoms. The van der Waals surface area contributed by atoms with Crippen LogP contribution in [0.2, 0.25) is 0 Å². The first-order valence-electron chi connectivity index (χ1n) is 8.65. The van der Waals surface area contributed by atoms with Crippen LogP contribution in [0.1, 0.15) is 31.7 Å². The molecular formula is C19H23N3O3S2. The summed E-state index contributed by atoms with van der Waals surface area (Å²) >= 11 is 5.09. The van der Waals surface area contributed by atoms with Crippen LogP contribution in [0.4, 0.5) is 5.69 Å². The van der Waals surface area contributed by atoms with Gasteiger partial charge in [-0.25, -0.2) is 13.1 Å². The highest BCUT2D eigenvalue weighted by Gasteiger charge is 2.13. The van der Waals surface area contributed by atoms with Gasteiger partial charge in [-0.2, -0.15) is 0 Å². The van der Waals surface area contributed by atoms with Crippen molar-refractivity contribution in [2.24, 2.45) is 0 Å². The van der Waals surface area contributed by atoms with E-state index in [4.69, 9.17) is 12.2 Å². The molecule has 0 unspecified atom stereocenters. The van der Waals surface area contributed by atoms with Crippen LogP contribution in [0, 0.1) is 0 Å². The van der Waals surface area contributed by atoms with Crippen LogP contribution in [0.15, 0.2) is 59.5 Å². The number of hydrogen-bond acceptors (Lipinski definition) is 4. The van der Waals surface area contributed by atoms with Crippen molar-refractivity contribution < 1.29 is 13.2 Å². The minimum absolute atomic E-state index is 0.140. The van der Waals surface area contributed by atoms with Crippen LogP contribution in [0.25, 0.3) is 0 Å². The number of benzene rings is 2. The first kappa shape index (κ1) is 21.0. The Balaban J connectivity index is 1.91. The Morgan fingerprint density at radius 2 is 1.70 bits per heavy atom. The van der Waals surface area contributed by atoms with Gasteiger partial charge in [-0.15, -0.1) is 0 Å². The number of anilines is 1. The number of unbranched alkanes of at least 4 members (excludes halogenated alkanes) is 1. The van der Waals surface area contributed by atoms with Gasteiger partial charge in [0, 0.05) is 18.7 Å². The largest absolute Gasteiger partial charge is 0.332 e. The van der Waals surface area contributed by atoms with Crippen LogP contribution in [0.3, 0.4) is 0 Å². The molecule has 1 amide bonds. The molecule has 27 heavy (non-hydrogen) atoms. The minimum Gasteiger partial charge on any atom is -0.332 e. The van der Waals surface area contributed by atoms with Crippen molar-refractivity contribution in [1.29, 1.82) is 0 Å². The van der Waals surface area contributed by atoms with Gasteiger partial charge in [0.1, 0.15) is 0 Å². The number of thiocarbonyl (C=S) groups is 1. The van der Waals surface area contributed by atoms with Gasteiger partial charge in [0.05, 0.1) is 4.90 Å². The summed E-state index contributed by atoms with van der Waals surface area (Å²) < 4.78 is 27.3. The lowest BCUT2D eigenvalue weighted by Crippen LogP contribution is -2.33. The highest BCUT2D eigenvalue weighted by molar-refractivity contribution is 7.89. The minimum atomic E-state index is -3.61. The van der Waals surface area contributed by atoms with Gasteiger partial charge < -0.3 is 10.6 Å². The molecule has 0 atom stereocenters. The van der Waals surface area contributed by atoms with E-state index in [1.54, 1.807) is 12.1 Å². The predicted molar refractivity (Wildman–Crippen MR) is 111 cm³/mol. The van der Waals surface area contributed by atoms with Gasteiger partial charge in [0.25, 0.3) is 0 Å². The summed E-state index contributed by atoms with van der Waals surface area (Å²) in [6, 6.07) is 15.5. The number of nitrogens with one attached hydrogen (secondary N) is 3. The molecule has 0 aliphatic carbocycles. The molecule has 8 heteroatoms. The zero-order valence-corrected chi connectivity index (χ0v) is 16.7. The molecule has 6 nitrogen and oxygen atoms in total. The van der Waals surface area contributed by atoms with Crippen LogP contribution in [0.5, 0.6) is 0 Å². The fourth-order valence-electron chi connectivity index (χ4n) is 2.26. The normalized spacial score (nSPS) is 11.0. The van der Waals surface area contributed by atoms with E-state index in [0.29, 0.717) is 12.1 Å². The fraction of sp³-hybridized carbons (Fsp3) is 0.263. The topological polar surface area (TPSA) is 87.3 Å². The summed E-state index contributed by atoms with van der Waals surface area (Å²) in [4.78, 5) is 11.8. The van der Waals surface area contributed by atoms with Crippen molar-refractivity contribution in [3.63, 3.8) is 0 Å². The van der Waals surface area contributed by atoms with Crippen LogP contribution in [-0.4, -0.2) is 19.4 Å². The van der Waals surface area contributed by atoms with Crippen molar-refractivity contribution in [1.82, 2.24) is 10.0 Å². The predicted octanol–water partition coefficient (Wildman–Crippen LogP) is 3.17. The Kier molecular flexibility index (Phi) is 7.90. The monoisotopic (exact) mass is 405 g/mol. The molecule has 0 saturated carbocycles. The molecule has 0 aliphatic rings. The molecule has 2 aromatic rings. The molecule has 0 aromatic heterocycles. The number of amides is 1. The van der Waals surface area contributed by atoms with Gasteiger partial charge >= 0.3 is 0 Å². The second kappa shape index (κ2) is 10.1. The van der Waals surface area contributed by atoms with Crippen LogP contribution >= 0.6 is 12.2 Å². The molecule has 0 aliphatic heterocycles. The van der Waals surface area contributed by atoms with E-state index in [9.17, 15) is 13.2 Å². The van der Waals surface area contributed by atoms with Crippen molar-refractivity contribution >= 4 is 38.9 Å². The Hall–Kier alpha value is -2.29. The first-order chi connectivity index (χ1) is 12.9. The third-order valence-electron chi connectivity index (χ3n) is 3.74. The standard InChI is InChI=1S/C19H23N3O3S2/c1-2-3-9-18(23)22-19(26)21-16-10-12-17(13-11-16)27(24,25)20-14-15-7-5-4-6-8-15/h4-8,10-13,20H,2-3,9,14H2,1H3,(H2,21,22,23,26). The number of sulfonamides is 1. The van der Waals surface area contributed by atoms with E-state index >= 15 is 0 Å². The van der Waals surface area contributed by atoms with Gasteiger partial charge in [-0.05, 0) is 48.5 Å². The zero-order valence-electron chi connectivity index (χ0n) is 15.1. The summed E-state index contributed by atoms with van der Waals surface area (Å²) in [5.41, 5.74) is 1.47. The quantitative estimate of drug-likeness (QED) is 0.587. The van der Waals surface area contributed by atoms with Crippen molar-refractivity contribution in [2.75, 3.05) is 5.32 Å². The second-order valence-corrected chi connectivity index (χ2v) is 8.12. The lowest BCUT2D eigenvalue weighted by atomic mass is 10.2.